The average Bonchev–Trinajstić information content (AvgIpc) is 2.60. The number of urea groups is 1. The zero-order valence-electron chi connectivity index (χ0n) is 14.2. The Labute approximate surface area is 142 Å². The molecule has 0 bridgehead atoms. The van der Waals surface area contributed by atoms with E-state index in [1.165, 1.54) is 0 Å². The van der Waals surface area contributed by atoms with Gasteiger partial charge >= 0.3 is 6.03 Å². The lowest BCUT2D eigenvalue weighted by Crippen LogP contribution is -2.40. The number of nitrogens with one attached hydrogen (secondary N) is 1. The highest BCUT2D eigenvalue weighted by Crippen LogP contribution is 2.19. The van der Waals surface area contributed by atoms with Crippen LogP contribution in [0.3, 0.4) is 0 Å². The Morgan fingerprint density at radius 3 is 2.71 bits per heavy atom. The topological polar surface area (TPSA) is 61.8 Å². The van der Waals surface area contributed by atoms with Gasteiger partial charge in [0.1, 0.15) is 5.75 Å². The second-order valence-electron chi connectivity index (χ2n) is 5.60. The molecule has 24 heavy (non-hydrogen) atoms. The van der Waals surface area contributed by atoms with Crippen molar-refractivity contribution in [2.45, 2.75) is 20.0 Å². The highest BCUT2D eigenvalue weighted by molar-refractivity contribution is 5.74. The molecule has 0 saturated carbocycles. The molecule has 0 spiro atoms. The van der Waals surface area contributed by atoms with Crippen molar-refractivity contribution in [3.8, 4) is 5.75 Å². The molecule has 2 N–H and O–H groups in total. The van der Waals surface area contributed by atoms with Crippen LogP contribution in [0.25, 0.3) is 0 Å². The van der Waals surface area contributed by atoms with Crippen molar-refractivity contribution in [1.82, 2.24) is 10.2 Å². The number of aliphatic hydroxyl groups excluding tert-OH is 1. The minimum atomic E-state index is -0.212. The largest absolute Gasteiger partial charge is 0.496 e. The van der Waals surface area contributed by atoms with Gasteiger partial charge in [0.2, 0.25) is 0 Å². The molecule has 2 amide bonds. The van der Waals surface area contributed by atoms with E-state index in [1.54, 1.807) is 12.0 Å². The Morgan fingerprint density at radius 1 is 1.21 bits per heavy atom. The van der Waals surface area contributed by atoms with Crippen LogP contribution in [0, 0.1) is 6.92 Å². The van der Waals surface area contributed by atoms with Crippen LogP contribution in [-0.4, -0.2) is 36.3 Å². The SMILES string of the molecule is COc1ccccc1CN(CCO)C(=O)NCc1cccc(C)c1. The molecule has 0 aliphatic rings. The number of aryl methyl sites for hydroxylation is 1. The molecular formula is C19H24N2O3. The summed E-state index contributed by atoms with van der Waals surface area (Å²) in [7, 11) is 1.60. The lowest BCUT2D eigenvalue weighted by Gasteiger charge is -2.23. The minimum absolute atomic E-state index is 0.0903. The molecule has 0 radical (unpaired) electrons. The number of carbonyl (C=O) groups excluding carboxylic acids is 1. The molecule has 2 rings (SSSR count). The summed E-state index contributed by atoms with van der Waals surface area (Å²) in [6, 6.07) is 15.4. The molecule has 2 aromatic rings. The Bertz CT molecular complexity index is 673. The Hall–Kier alpha value is -2.53. The minimum Gasteiger partial charge on any atom is -0.496 e. The van der Waals surface area contributed by atoms with E-state index in [2.05, 4.69) is 5.32 Å². The molecular weight excluding hydrogens is 304 g/mol. The number of para-hydroxylation sites is 1. The number of aliphatic hydroxyl groups is 1. The highest BCUT2D eigenvalue weighted by Gasteiger charge is 2.15. The molecule has 0 atom stereocenters. The summed E-state index contributed by atoms with van der Waals surface area (Å²) in [5.74, 6) is 0.729. The number of hydrogen-bond acceptors (Lipinski definition) is 3. The van der Waals surface area contributed by atoms with Crippen LogP contribution in [0.2, 0.25) is 0 Å². The number of benzene rings is 2. The molecule has 0 aromatic heterocycles. The monoisotopic (exact) mass is 328 g/mol. The molecule has 5 heteroatoms. The van der Waals surface area contributed by atoms with Gasteiger partial charge in [0.25, 0.3) is 0 Å². The van der Waals surface area contributed by atoms with E-state index in [1.807, 2.05) is 55.5 Å². The van der Waals surface area contributed by atoms with Crippen LogP contribution in [0.4, 0.5) is 4.79 Å². The summed E-state index contributed by atoms with van der Waals surface area (Å²) >= 11 is 0. The fraction of sp³-hybridized carbons (Fsp3) is 0.316. The van der Waals surface area contributed by atoms with Crippen LogP contribution in [0.15, 0.2) is 48.5 Å². The third kappa shape index (κ3) is 4.99. The number of hydrogen-bond donors (Lipinski definition) is 2. The second kappa shape index (κ2) is 8.93. The van der Waals surface area contributed by atoms with Gasteiger partial charge in [-0.2, -0.15) is 0 Å². The quantitative estimate of drug-likeness (QED) is 0.821. The van der Waals surface area contributed by atoms with E-state index >= 15 is 0 Å². The smallest absolute Gasteiger partial charge is 0.318 e. The summed E-state index contributed by atoms with van der Waals surface area (Å²) in [5.41, 5.74) is 3.10. The van der Waals surface area contributed by atoms with Crippen molar-refractivity contribution in [3.63, 3.8) is 0 Å². The summed E-state index contributed by atoms with van der Waals surface area (Å²) in [6.07, 6.45) is 0. The summed E-state index contributed by atoms with van der Waals surface area (Å²) in [4.78, 5) is 14.0. The van der Waals surface area contributed by atoms with Gasteiger partial charge in [-0.1, -0.05) is 48.0 Å². The maximum absolute atomic E-state index is 12.5. The van der Waals surface area contributed by atoms with E-state index in [0.717, 1.165) is 22.4 Å². The normalized spacial score (nSPS) is 10.3. The van der Waals surface area contributed by atoms with Gasteiger partial charge in [-0.3, -0.25) is 0 Å². The summed E-state index contributed by atoms with van der Waals surface area (Å²) in [5, 5.41) is 12.2. The van der Waals surface area contributed by atoms with Crippen molar-refractivity contribution in [3.05, 3.63) is 65.2 Å². The van der Waals surface area contributed by atoms with E-state index < -0.39 is 0 Å². The number of methoxy groups -OCH3 is 1. The molecule has 2 aromatic carbocycles. The van der Waals surface area contributed by atoms with Crippen LogP contribution < -0.4 is 10.1 Å². The first-order valence-corrected chi connectivity index (χ1v) is 7.95. The fourth-order valence-corrected chi connectivity index (χ4v) is 2.52. The predicted molar refractivity (Wildman–Crippen MR) is 93.9 cm³/mol. The van der Waals surface area contributed by atoms with Gasteiger partial charge in [0, 0.05) is 18.7 Å². The Balaban J connectivity index is 2.02. The summed E-state index contributed by atoms with van der Waals surface area (Å²) in [6.45, 7) is 3.02. The third-order valence-corrected chi connectivity index (χ3v) is 3.74. The molecule has 0 fully saturated rings. The first kappa shape index (κ1) is 17.8. The summed E-state index contributed by atoms with van der Waals surface area (Å²) < 4.78 is 5.33. The lowest BCUT2D eigenvalue weighted by atomic mass is 10.1. The molecule has 0 saturated heterocycles. The van der Waals surface area contributed by atoms with Gasteiger partial charge in [-0.25, -0.2) is 4.79 Å². The van der Waals surface area contributed by atoms with Crippen LogP contribution in [-0.2, 0) is 13.1 Å². The van der Waals surface area contributed by atoms with Crippen LogP contribution >= 0.6 is 0 Å². The molecule has 5 nitrogen and oxygen atoms in total. The zero-order valence-corrected chi connectivity index (χ0v) is 14.2. The Morgan fingerprint density at radius 2 is 2.00 bits per heavy atom. The van der Waals surface area contributed by atoms with Crippen LogP contribution in [0.5, 0.6) is 5.75 Å². The molecule has 128 valence electrons. The second-order valence-corrected chi connectivity index (χ2v) is 5.60. The predicted octanol–water partition coefficient (Wildman–Crippen LogP) is 2.71. The van der Waals surface area contributed by atoms with Crippen molar-refractivity contribution < 1.29 is 14.6 Å². The van der Waals surface area contributed by atoms with Crippen molar-refractivity contribution in [2.75, 3.05) is 20.3 Å². The van der Waals surface area contributed by atoms with Gasteiger partial charge in [0.15, 0.2) is 0 Å². The number of ether oxygens (including phenoxy) is 1. The number of rotatable bonds is 7. The van der Waals surface area contributed by atoms with E-state index in [9.17, 15) is 9.90 Å². The van der Waals surface area contributed by atoms with Gasteiger partial charge in [-0.05, 0) is 18.6 Å². The van der Waals surface area contributed by atoms with Gasteiger partial charge in [0.05, 0.1) is 20.3 Å². The van der Waals surface area contributed by atoms with Crippen molar-refractivity contribution in [2.24, 2.45) is 0 Å². The zero-order chi connectivity index (χ0) is 17.4. The maximum atomic E-state index is 12.5. The lowest BCUT2D eigenvalue weighted by molar-refractivity contribution is 0.173. The number of amides is 2. The van der Waals surface area contributed by atoms with Crippen LogP contribution in [0.1, 0.15) is 16.7 Å². The van der Waals surface area contributed by atoms with Crippen molar-refractivity contribution >= 4 is 6.03 Å². The standard InChI is InChI=1S/C19H24N2O3/c1-15-6-5-7-16(12-15)13-20-19(23)21(10-11-22)14-17-8-3-4-9-18(17)24-2/h3-9,12,22H,10-11,13-14H2,1-2H3,(H,20,23). The molecule has 0 unspecified atom stereocenters. The van der Waals surface area contributed by atoms with Crippen molar-refractivity contribution in [1.29, 1.82) is 0 Å². The first-order valence-electron chi connectivity index (χ1n) is 7.95. The highest BCUT2D eigenvalue weighted by atomic mass is 16.5. The number of nitrogens with zero attached hydrogens (tertiary/aromatic N) is 1. The van der Waals surface area contributed by atoms with Gasteiger partial charge < -0.3 is 20.1 Å². The fourth-order valence-electron chi connectivity index (χ4n) is 2.52. The van der Waals surface area contributed by atoms with E-state index in [-0.39, 0.29) is 19.2 Å². The average molecular weight is 328 g/mol. The molecule has 0 heterocycles. The van der Waals surface area contributed by atoms with E-state index in [4.69, 9.17) is 4.74 Å². The maximum Gasteiger partial charge on any atom is 0.318 e. The molecule has 0 aliphatic heterocycles. The molecule has 0 aliphatic carbocycles. The van der Waals surface area contributed by atoms with E-state index in [0.29, 0.717) is 13.1 Å². The van der Waals surface area contributed by atoms with Gasteiger partial charge in [-0.15, -0.1) is 0 Å². The third-order valence-electron chi connectivity index (χ3n) is 3.74. The number of carbonyl (C=O) groups is 1. The Kier molecular flexibility index (Phi) is 6.63. The first-order chi connectivity index (χ1) is 11.6.